The topological polar surface area (TPSA) is 75.7 Å². The summed E-state index contributed by atoms with van der Waals surface area (Å²) in [6.07, 6.45) is 0.113. The van der Waals surface area contributed by atoms with E-state index in [0.29, 0.717) is 22.7 Å². The van der Waals surface area contributed by atoms with Gasteiger partial charge in [0.25, 0.3) is 0 Å². The van der Waals surface area contributed by atoms with Crippen molar-refractivity contribution in [3.05, 3.63) is 54.1 Å². The molecule has 2 amide bonds. The Morgan fingerprint density at radius 1 is 1.04 bits per heavy atom. The zero-order valence-electron chi connectivity index (χ0n) is 15.1. The number of Topliss-reactive ketones (excluding diaryl/α,β-unsaturated/α-hetero) is 1. The third-order valence-electron chi connectivity index (χ3n) is 3.89. The Labute approximate surface area is 152 Å². The molecule has 2 rings (SSSR count). The van der Waals surface area contributed by atoms with Crippen LogP contribution in [0.5, 0.6) is 5.75 Å². The lowest BCUT2D eigenvalue weighted by Gasteiger charge is -2.21. The first-order valence-electron chi connectivity index (χ1n) is 8.24. The van der Waals surface area contributed by atoms with Gasteiger partial charge in [0.15, 0.2) is 5.78 Å². The number of benzene rings is 2. The summed E-state index contributed by atoms with van der Waals surface area (Å²) in [4.78, 5) is 37.3. The van der Waals surface area contributed by atoms with Gasteiger partial charge in [-0.2, -0.15) is 0 Å². The molecular weight excluding hydrogens is 332 g/mol. The van der Waals surface area contributed by atoms with Gasteiger partial charge in [-0.1, -0.05) is 24.3 Å². The van der Waals surface area contributed by atoms with Crippen LogP contribution in [-0.4, -0.2) is 31.3 Å². The number of hydrogen-bond acceptors (Lipinski definition) is 4. The number of methoxy groups -OCH3 is 1. The minimum atomic E-state index is -0.233. The van der Waals surface area contributed by atoms with E-state index >= 15 is 0 Å². The number of carbonyl (C=O) groups excluding carboxylic acids is 3. The Bertz CT molecular complexity index is 817. The van der Waals surface area contributed by atoms with Crippen molar-refractivity contribution in [1.29, 1.82) is 0 Å². The van der Waals surface area contributed by atoms with Crippen molar-refractivity contribution >= 4 is 29.0 Å². The van der Waals surface area contributed by atoms with E-state index in [1.807, 2.05) is 6.07 Å². The highest BCUT2D eigenvalue weighted by molar-refractivity contribution is 5.98. The van der Waals surface area contributed by atoms with Crippen LogP contribution in [0.15, 0.2) is 48.5 Å². The molecule has 2 aromatic rings. The first kappa shape index (κ1) is 19.2. The van der Waals surface area contributed by atoms with Crippen LogP contribution in [0.4, 0.5) is 11.4 Å². The van der Waals surface area contributed by atoms with E-state index in [0.717, 1.165) is 0 Å². The number of carbonyl (C=O) groups is 3. The average molecular weight is 354 g/mol. The van der Waals surface area contributed by atoms with Gasteiger partial charge in [-0.25, -0.2) is 0 Å². The maximum atomic E-state index is 12.3. The lowest BCUT2D eigenvalue weighted by atomic mass is 10.1. The summed E-state index contributed by atoms with van der Waals surface area (Å²) in [5.74, 6) is 0.0574. The predicted octanol–water partition coefficient (Wildman–Crippen LogP) is 3.28. The molecule has 26 heavy (non-hydrogen) atoms. The molecular formula is C20H22N2O4. The molecule has 0 atom stereocenters. The minimum Gasteiger partial charge on any atom is -0.495 e. The van der Waals surface area contributed by atoms with Crippen molar-refractivity contribution in [1.82, 2.24) is 0 Å². The number of amides is 2. The number of anilines is 2. The van der Waals surface area contributed by atoms with Gasteiger partial charge in [0.2, 0.25) is 11.8 Å². The van der Waals surface area contributed by atoms with E-state index < -0.39 is 0 Å². The molecule has 0 saturated heterocycles. The lowest BCUT2D eigenvalue weighted by molar-refractivity contribution is -0.117. The number of rotatable bonds is 7. The van der Waals surface area contributed by atoms with E-state index in [-0.39, 0.29) is 30.6 Å². The normalized spacial score (nSPS) is 10.1. The summed E-state index contributed by atoms with van der Waals surface area (Å²) >= 11 is 0. The second kappa shape index (κ2) is 8.80. The van der Waals surface area contributed by atoms with Crippen molar-refractivity contribution in [2.75, 3.05) is 23.9 Å². The zero-order valence-corrected chi connectivity index (χ0v) is 15.1. The summed E-state index contributed by atoms with van der Waals surface area (Å²) in [5.41, 5.74) is 1.69. The van der Waals surface area contributed by atoms with Crippen molar-refractivity contribution in [2.45, 2.75) is 20.3 Å². The Hall–Kier alpha value is -3.15. The highest BCUT2D eigenvalue weighted by Gasteiger charge is 2.15. The molecule has 0 spiro atoms. The predicted molar refractivity (Wildman–Crippen MR) is 101 cm³/mol. The standard InChI is InChI=1S/C20H22N2O4/c1-14(23)16-7-6-8-17(13-16)22(15(2)24)12-11-20(25)21-18-9-4-5-10-19(18)26-3/h4-10,13H,11-12H2,1-3H3,(H,21,25). The molecule has 6 nitrogen and oxygen atoms in total. The molecule has 0 saturated carbocycles. The van der Waals surface area contributed by atoms with E-state index in [2.05, 4.69) is 5.32 Å². The molecule has 0 fully saturated rings. The molecule has 0 aliphatic heterocycles. The molecule has 6 heteroatoms. The number of nitrogens with zero attached hydrogens (tertiary/aromatic N) is 1. The van der Waals surface area contributed by atoms with Crippen LogP contribution in [0.3, 0.4) is 0 Å². The van der Waals surface area contributed by atoms with Gasteiger partial charge >= 0.3 is 0 Å². The van der Waals surface area contributed by atoms with E-state index in [1.165, 1.54) is 25.9 Å². The highest BCUT2D eigenvalue weighted by Crippen LogP contribution is 2.23. The van der Waals surface area contributed by atoms with Gasteiger partial charge < -0.3 is 15.0 Å². The third-order valence-corrected chi connectivity index (χ3v) is 3.89. The molecule has 0 unspecified atom stereocenters. The first-order valence-corrected chi connectivity index (χ1v) is 8.24. The summed E-state index contributed by atoms with van der Waals surface area (Å²) in [6, 6.07) is 13.9. The van der Waals surface area contributed by atoms with Gasteiger partial charge in [-0.3, -0.25) is 14.4 Å². The number of nitrogens with one attached hydrogen (secondary N) is 1. The highest BCUT2D eigenvalue weighted by atomic mass is 16.5. The van der Waals surface area contributed by atoms with Crippen LogP contribution < -0.4 is 15.0 Å². The van der Waals surface area contributed by atoms with Crippen LogP contribution in [0.2, 0.25) is 0 Å². The van der Waals surface area contributed by atoms with Gasteiger partial charge in [-0.15, -0.1) is 0 Å². The second-order valence-corrected chi connectivity index (χ2v) is 5.78. The second-order valence-electron chi connectivity index (χ2n) is 5.78. The fourth-order valence-electron chi connectivity index (χ4n) is 2.54. The number of ether oxygens (including phenoxy) is 1. The smallest absolute Gasteiger partial charge is 0.226 e. The number of para-hydroxylation sites is 2. The van der Waals surface area contributed by atoms with Gasteiger partial charge in [0, 0.05) is 31.1 Å². The van der Waals surface area contributed by atoms with Gasteiger partial charge in [0.1, 0.15) is 5.75 Å². The fourth-order valence-corrected chi connectivity index (χ4v) is 2.54. The van der Waals surface area contributed by atoms with Crippen LogP contribution in [0.25, 0.3) is 0 Å². The summed E-state index contributed by atoms with van der Waals surface area (Å²) in [7, 11) is 1.53. The van der Waals surface area contributed by atoms with Crippen LogP contribution >= 0.6 is 0 Å². The fraction of sp³-hybridized carbons (Fsp3) is 0.250. The van der Waals surface area contributed by atoms with E-state index in [4.69, 9.17) is 4.74 Å². The Morgan fingerprint density at radius 3 is 2.42 bits per heavy atom. The summed E-state index contributed by atoms with van der Waals surface area (Å²) in [5, 5.41) is 2.78. The maximum Gasteiger partial charge on any atom is 0.226 e. The average Bonchev–Trinajstić information content (AvgIpc) is 2.62. The van der Waals surface area contributed by atoms with Crippen LogP contribution in [0.1, 0.15) is 30.6 Å². The molecule has 0 radical (unpaired) electrons. The molecule has 0 aliphatic rings. The SMILES string of the molecule is COc1ccccc1NC(=O)CCN(C(C)=O)c1cccc(C(C)=O)c1. The molecule has 0 heterocycles. The lowest BCUT2D eigenvalue weighted by Crippen LogP contribution is -2.32. The van der Waals surface area contributed by atoms with Crippen molar-refractivity contribution in [3.63, 3.8) is 0 Å². The maximum absolute atomic E-state index is 12.3. The van der Waals surface area contributed by atoms with Crippen LogP contribution in [0, 0.1) is 0 Å². The zero-order chi connectivity index (χ0) is 19.1. The van der Waals surface area contributed by atoms with Crippen LogP contribution in [-0.2, 0) is 9.59 Å². The van der Waals surface area contributed by atoms with Crippen molar-refractivity contribution in [2.24, 2.45) is 0 Å². The quantitative estimate of drug-likeness (QED) is 0.774. The Balaban J connectivity index is 2.07. The number of ketones is 1. The molecule has 0 bridgehead atoms. The van der Waals surface area contributed by atoms with E-state index in [9.17, 15) is 14.4 Å². The molecule has 136 valence electrons. The van der Waals surface area contributed by atoms with E-state index in [1.54, 1.807) is 42.5 Å². The van der Waals surface area contributed by atoms with Gasteiger partial charge in [-0.05, 0) is 31.2 Å². The largest absolute Gasteiger partial charge is 0.495 e. The summed E-state index contributed by atoms with van der Waals surface area (Å²) < 4.78 is 5.20. The van der Waals surface area contributed by atoms with Gasteiger partial charge in [0.05, 0.1) is 12.8 Å². The molecule has 0 aliphatic carbocycles. The molecule has 2 aromatic carbocycles. The minimum absolute atomic E-state index is 0.0794. The first-order chi connectivity index (χ1) is 12.4. The van der Waals surface area contributed by atoms with Crippen molar-refractivity contribution < 1.29 is 19.1 Å². The Morgan fingerprint density at radius 2 is 1.77 bits per heavy atom. The monoisotopic (exact) mass is 354 g/mol. The summed E-state index contributed by atoms with van der Waals surface area (Å²) in [6.45, 7) is 3.11. The number of hydrogen-bond donors (Lipinski definition) is 1. The molecule has 0 aromatic heterocycles. The Kier molecular flexibility index (Phi) is 6.49. The molecule has 1 N–H and O–H groups in total. The van der Waals surface area contributed by atoms with Crippen molar-refractivity contribution in [3.8, 4) is 5.75 Å². The third kappa shape index (κ3) is 4.92.